The van der Waals surface area contributed by atoms with Gasteiger partial charge in [-0.1, -0.05) is 42.5 Å². The number of carbonyl (C=O) groups is 1. The molecule has 30 heavy (non-hydrogen) atoms. The first-order valence-corrected chi connectivity index (χ1v) is 11.0. The number of aromatic nitrogens is 1. The molecule has 1 fully saturated rings. The van der Waals surface area contributed by atoms with Gasteiger partial charge in [-0.2, -0.15) is 0 Å². The number of nitrogens with zero attached hydrogens (tertiary/aromatic N) is 3. The van der Waals surface area contributed by atoms with E-state index in [0.717, 1.165) is 60.3 Å². The van der Waals surface area contributed by atoms with Crippen LogP contribution < -0.4 is 10.1 Å². The molecule has 0 radical (unpaired) electrons. The molecule has 0 atom stereocenters. The van der Waals surface area contributed by atoms with Crippen molar-refractivity contribution in [2.45, 2.75) is 13.1 Å². The maximum atomic E-state index is 12.4. The topological polar surface area (TPSA) is 57.7 Å². The summed E-state index contributed by atoms with van der Waals surface area (Å²) < 4.78 is 5.31. The van der Waals surface area contributed by atoms with Gasteiger partial charge in [-0.25, -0.2) is 9.78 Å². The van der Waals surface area contributed by atoms with Gasteiger partial charge in [-0.15, -0.1) is 11.3 Å². The molecule has 6 nitrogen and oxygen atoms in total. The summed E-state index contributed by atoms with van der Waals surface area (Å²) in [5, 5.41) is 6.20. The normalized spacial score (nSPS) is 14.5. The lowest BCUT2D eigenvalue weighted by molar-refractivity contribution is 0.135. The van der Waals surface area contributed by atoms with E-state index in [4.69, 9.17) is 9.72 Å². The summed E-state index contributed by atoms with van der Waals surface area (Å²) in [5.41, 5.74) is 3.16. The number of nitrogens with one attached hydrogen (secondary N) is 1. The van der Waals surface area contributed by atoms with Crippen molar-refractivity contribution in [3.05, 3.63) is 70.5 Å². The van der Waals surface area contributed by atoms with Crippen LogP contribution in [0.2, 0.25) is 0 Å². The maximum Gasteiger partial charge on any atom is 0.317 e. The molecule has 0 aliphatic carbocycles. The minimum absolute atomic E-state index is 0.00747. The van der Waals surface area contributed by atoms with E-state index in [1.54, 1.807) is 18.4 Å². The molecular weight excluding hydrogens is 396 g/mol. The molecule has 0 bridgehead atoms. The Hall–Kier alpha value is -2.90. The lowest BCUT2D eigenvalue weighted by atomic mass is 10.2. The first-order valence-electron chi connectivity index (χ1n) is 10.1. The summed E-state index contributed by atoms with van der Waals surface area (Å²) in [6.07, 6.45) is 0. The van der Waals surface area contributed by atoms with Crippen molar-refractivity contribution in [1.29, 1.82) is 0 Å². The molecule has 156 valence electrons. The highest BCUT2D eigenvalue weighted by Crippen LogP contribution is 2.26. The van der Waals surface area contributed by atoms with Gasteiger partial charge in [0.1, 0.15) is 10.8 Å². The molecule has 1 aromatic heterocycles. The van der Waals surface area contributed by atoms with Gasteiger partial charge in [0.25, 0.3) is 0 Å². The van der Waals surface area contributed by atoms with E-state index in [9.17, 15) is 4.79 Å². The molecule has 0 unspecified atom stereocenters. The van der Waals surface area contributed by atoms with Crippen LogP contribution in [0.1, 0.15) is 10.6 Å². The fraction of sp³-hybridized carbons (Fsp3) is 0.304. The maximum absolute atomic E-state index is 12.4. The van der Waals surface area contributed by atoms with Crippen LogP contribution >= 0.6 is 11.3 Å². The van der Waals surface area contributed by atoms with Gasteiger partial charge in [0.15, 0.2) is 0 Å². The monoisotopic (exact) mass is 422 g/mol. The SMILES string of the molecule is COc1cccc(-c2csc(CN3CCN(C(=O)NCc4ccccc4)CC3)n2)c1. The summed E-state index contributed by atoms with van der Waals surface area (Å²) in [5.74, 6) is 0.837. The average molecular weight is 423 g/mol. The molecule has 4 rings (SSSR count). The van der Waals surface area contributed by atoms with Crippen LogP contribution in [0.5, 0.6) is 5.75 Å². The average Bonchev–Trinajstić information content (AvgIpc) is 3.27. The largest absolute Gasteiger partial charge is 0.497 e. The Morgan fingerprint density at radius 2 is 1.90 bits per heavy atom. The number of piperazine rings is 1. The number of urea groups is 1. The highest BCUT2D eigenvalue weighted by Gasteiger charge is 2.21. The Bertz CT molecular complexity index is 968. The molecule has 2 amide bonds. The fourth-order valence-corrected chi connectivity index (χ4v) is 4.33. The van der Waals surface area contributed by atoms with E-state index < -0.39 is 0 Å². The Balaban J connectivity index is 1.26. The molecule has 1 aliphatic heterocycles. The molecular formula is C23H26N4O2S. The first kappa shape index (κ1) is 20.4. The Labute approximate surface area is 181 Å². The zero-order valence-electron chi connectivity index (χ0n) is 17.1. The second-order valence-corrected chi connectivity index (χ2v) is 8.21. The molecule has 0 spiro atoms. The van der Waals surface area contributed by atoms with E-state index in [1.807, 2.05) is 59.5 Å². The second-order valence-electron chi connectivity index (χ2n) is 7.27. The van der Waals surface area contributed by atoms with E-state index in [1.165, 1.54) is 0 Å². The highest BCUT2D eigenvalue weighted by atomic mass is 32.1. The number of amides is 2. The van der Waals surface area contributed by atoms with E-state index in [0.29, 0.717) is 6.54 Å². The van der Waals surface area contributed by atoms with Gasteiger partial charge in [0.05, 0.1) is 19.3 Å². The molecule has 2 heterocycles. The minimum Gasteiger partial charge on any atom is -0.497 e. The van der Waals surface area contributed by atoms with Crippen LogP contribution in [0, 0.1) is 0 Å². The van der Waals surface area contributed by atoms with Crippen molar-refractivity contribution in [2.24, 2.45) is 0 Å². The van der Waals surface area contributed by atoms with Gasteiger partial charge in [-0.05, 0) is 17.7 Å². The Morgan fingerprint density at radius 1 is 1.10 bits per heavy atom. The number of methoxy groups -OCH3 is 1. The minimum atomic E-state index is 0.00747. The third-order valence-corrected chi connectivity index (χ3v) is 6.06. The molecule has 1 saturated heterocycles. The number of hydrogen-bond acceptors (Lipinski definition) is 5. The molecule has 7 heteroatoms. The summed E-state index contributed by atoms with van der Waals surface area (Å²) >= 11 is 1.68. The van der Waals surface area contributed by atoms with Crippen molar-refractivity contribution >= 4 is 17.4 Å². The van der Waals surface area contributed by atoms with E-state index in [2.05, 4.69) is 15.6 Å². The quantitative estimate of drug-likeness (QED) is 0.656. The number of thiazole rings is 1. The van der Waals surface area contributed by atoms with Gasteiger partial charge >= 0.3 is 6.03 Å². The van der Waals surface area contributed by atoms with Crippen molar-refractivity contribution in [3.8, 4) is 17.0 Å². The van der Waals surface area contributed by atoms with Gasteiger partial charge in [0.2, 0.25) is 0 Å². The van der Waals surface area contributed by atoms with Crippen LogP contribution in [0.3, 0.4) is 0 Å². The van der Waals surface area contributed by atoms with Gasteiger partial charge in [-0.3, -0.25) is 4.90 Å². The third-order valence-electron chi connectivity index (χ3n) is 5.22. The first-order chi connectivity index (χ1) is 14.7. The Kier molecular flexibility index (Phi) is 6.61. The van der Waals surface area contributed by atoms with Crippen LogP contribution in [0.25, 0.3) is 11.3 Å². The van der Waals surface area contributed by atoms with Crippen molar-refractivity contribution in [1.82, 2.24) is 20.1 Å². The lowest BCUT2D eigenvalue weighted by Gasteiger charge is -2.34. The number of ether oxygens (including phenoxy) is 1. The fourth-order valence-electron chi connectivity index (χ4n) is 3.48. The van der Waals surface area contributed by atoms with Crippen LogP contribution in [0.4, 0.5) is 4.79 Å². The molecule has 2 aromatic carbocycles. The zero-order chi connectivity index (χ0) is 20.8. The lowest BCUT2D eigenvalue weighted by Crippen LogP contribution is -2.51. The summed E-state index contributed by atoms with van der Waals surface area (Å²) in [4.78, 5) is 21.5. The van der Waals surface area contributed by atoms with Gasteiger partial charge < -0.3 is 15.0 Å². The smallest absolute Gasteiger partial charge is 0.317 e. The predicted octanol–water partition coefficient (Wildman–Crippen LogP) is 3.85. The second kappa shape index (κ2) is 9.73. The predicted molar refractivity (Wildman–Crippen MR) is 120 cm³/mol. The van der Waals surface area contributed by atoms with Crippen LogP contribution in [-0.2, 0) is 13.1 Å². The molecule has 3 aromatic rings. The number of hydrogen-bond donors (Lipinski definition) is 1. The Morgan fingerprint density at radius 3 is 2.67 bits per heavy atom. The van der Waals surface area contributed by atoms with Gasteiger partial charge in [0, 0.05) is 43.7 Å². The van der Waals surface area contributed by atoms with E-state index >= 15 is 0 Å². The summed E-state index contributed by atoms with van der Waals surface area (Å²) in [6, 6.07) is 18.0. The molecule has 0 saturated carbocycles. The van der Waals surface area contributed by atoms with Crippen molar-refractivity contribution < 1.29 is 9.53 Å². The van der Waals surface area contributed by atoms with Crippen molar-refractivity contribution in [2.75, 3.05) is 33.3 Å². The third kappa shape index (κ3) is 5.17. The number of carbonyl (C=O) groups excluding carboxylic acids is 1. The zero-order valence-corrected chi connectivity index (χ0v) is 17.9. The van der Waals surface area contributed by atoms with Crippen LogP contribution in [0.15, 0.2) is 60.0 Å². The van der Waals surface area contributed by atoms with Crippen LogP contribution in [-0.4, -0.2) is 54.1 Å². The number of rotatable bonds is 6. The molecule has 1 N–H and O–H groups in total. The van der Waals surface area contributed by atoms with Crippen molar-refractivity contribution in [3.63, 3.8) is 0 Å². The molecule has 1 aliphatic rings. The summed E-state index contributed by atoms with van der Waals surface area (Å²) in [7, 11) is 1.67. The van der Waals surface area contributed by atoms with E-state index in [-0.39, 0.29) is 6.03 Å². The summed E-state index contributed by atoms with van der Waals surface area (Å²) in [6.45, 7) is 4.54. The highest BCUT2D eigenvalue weighted by molar-refractivity contribution is 7.09. The standard InChI is InChI=1S/C23H26N4O2S/c1-29-20-9-5-8-19(14-20)21-17-30-22(25-21)16-26-10-12-27(13-11-26)23(28)24-15-18-6-3-2-4-7-18/h2-9,14,17H,10-13,15-16H2,1H3,(H,24,28). The number of benzene rings is 2.